The molecule has 0 spiro atoms. The Morgan fingerprint density at radius 2 is 1.80 bits per heavy atom. The third kappa shape index (κ3) is 7.10. The Morgan fingerprint density at radius 3 is 2.52 bits per heavy atom. The third-order valence-electron chi connectivity index (χ3n) is 6.09. The maximum absolute atomic E-state index is 13.5. The van der Waals surface area contributed by atoms with Crippen LogP contribution >= 0.6 is 0 Å². The molecule has 0 unspecified atom stereocenters. The van der Waals surface area contributed by atoms with Crippen molar-refractivity contribution in [1.82, 2.24) is 24.4 Å². The number of nitrogens with one attached hydrogen (secondary N) is 1. The summed E-state index contributed by atoms with van der Waals surface area (Å²) in [4.78, 5) is 17.3. The molecule has 0 radical (unpaired) electrons. The fourth-order valence-corrected chi connectivity index (χ4v) is 4.11. The van der Waals surface area contributed by atoms with E-state index in [1.807, 2.05) is 32.1 Å². The SMILES string of the molecule is COCCOc1cc(N(C)CCN(C)C)c(N)cc1Nc1nccc(-c2nc3ccccc3n2CC(F)(F)F)n1. The van der Waals surface area contributed by atoms with Crippen molar-refractivity contribution in [2.75, 3.05) is 70.5 Å². The van der Waals surface area contributed by atoms with Crippen molar-refractivity contribution in [3.63, 3.8) is 0 Å². The van der Waals surface area contributed by atoms with Gasteiger partial charge in [0.2, 0.25) is 5.95 Å². The van der Waals surface area contributed by atoms with Gasteiger partial charge in [-0.15, -0.1) is 0 Å². The number of alkyl halides is 3. The molecule has 2 aromatic carbocycles. The van der Waals surface area contributed by atoms with Gasteiger partial charge < -0.3 is 34.9 Å². The van der Waals surface area contributed by atoms with Crippen LogP contribution < -0.4 is 20.7 Å². The Balaban J connectivity index is 1.69. The van der Waals surface area contributed by atoms with E-state index in [1.165, 1.54) is 12.3 Å². The normalized spacial score (nSPS) is 11.8. The van der Waals surface area contributed by atoms with E-state index in [4.69, 9.17) is 15.2 Å². The Labute approximate surface area is 230 Å². The van der Waals surface area contributed by atoms with E-state index in [0.717, 1.165) is 23.3 Å². The second kappa shape index (κ2) is 12.4. The number of nitrogens with two attached hydrogens (primary N) is 1. The number of methoxy groups -OCH3 is 1. The highest BCUT2D eigenvalue weighted by Gasteiger charge is 2.31. The molecule has 10 nitrogen and oxygen atoms in total. The number of hydrogen-bond acceptors (Lipinski definition) is 9. The smallest absolute Gasteiger partial charge is 0.406 e. The number of halogens is 3. The molecule has 40 heavy (non-hydrogen) atoms. The zero-order chi connectivity index (χ0) is 28.9. The van der Waals surface area contributed by atoms with E-state index in [1.54, 1.807) is 37.4 Å². The molecule has 0 bridgehead atoms. The van der Waals surface area contributed by atoms with Gasteiger partial charge in [-0.05, 0) is 38.4 Å². The van der Waals surface area contributed by atoms with Crippen molar-refractivity contribution in [3.8, 4) is 17.3 Å². The standard InChI is InChI=1S/C27H33F3N8O2/c1-36(2)11-12-37(3)23-16-24(40-14-13-39-4)21(15-18(23)31)35-26-32-10-9-20(34-26)25-33-19-7-5-6-8-22(19)38(25)17-27(28,29)30/h5-10,15-16H,11-14,17,31H2,1-4H3,(H,32,34,35). The van der Waals surface area contributed by atoms with Gasteiger partial charge >= 0.3 is 6.18 Å². The fourth-order valence-electron chi connectivity index (χ4n) is 4.11. The van der Waals surface area contributed by atoms with Crippen molar-refractivity contribution in [1.29, 1.82) is 0 Å². The average Bonchev–Trinajstić information content (AvgIpc) is 3.25. The zero-order valence-electron chi connectivity index (χ0n) is 22.9. The molecule has 0 aliphatic heterocycles. The molecule has 0 atom stereocenters. The van der Waals surface area contributed by atoms with Crippen LogP contribution in [0.25, 0.3) is 22.6 Å². The molecule has 0 fully saturated rings. The van der Waals surface area contributed by atoms with Crippen LogP contribution in [0.5, 0.6) is 5.75 Å². The molecule has 0 saturated heterocycles. The summed E-state index contributed by atoms with van der Waals surface area (Å²) in [5, 5.41) is 3.11. The van der Waals surface area contributed by atoms with Crippen molar-refractivity contribution < 1.29 is 22.6 Å². The van der Waals surface area contributed by atoms with Crippen molar-refractivity contribution in [3.05, 3.63) is 48.7 Å². The van der Waals surface area contributed by atoms with Gasteiger partial charge in [0.15, 0.2) is 5.82 Å². The molecule has 0 aliphatic carbocycles. The predicted molar refractivity (Wildman–Crippen MR) is 150 cm³/mol. The Hall–Kier alpha value is -4.10. The Kier molecular flexibility index (Phi) is 8.95. The first-order chi connectivity index (χ1) is 19.1. The number of fused-ring (bicyclic) bond motifs is 1. The lowest BCUT2D eigenvalue weighted by Crippen LogP contribution is -2.29. The number of nitrogen functional groups attached to an aromatic ring is 1. The van der Waals surface area contributed by atoms with Crippen molar-refractivity contribution in [2.24, 2.45) is 0 Å². The molecule has 13 heteroatoms. The van der Waals surface area contributed by atoms with Gasteiger partial charge in [-0.25, -0.2) is 15.0 Å². The number of aromatic nitrogens is 4. The van der Waals surface area contributed by atoms with Gasteiger partial charge in [0.1, 0.15) is 24.6 Å². The van der Waals surface area contributed by atoms with Gasteiger partial charge in [-0.2, -0.15) is 13.2 Å². The molecule has 2 heterocycles. The van der Waals surface area contributed by atoms with Crippen LogP contribution in [0.3, 0.4) is 0 Å². The van der Waals surface area contributed by atoms with Gasteiger partial charge in [0.05, 0.1) is 34.7 Å². The minimum Gasteiger partial charge on any atom is -0.489 e. The van der Waals surface area contributed by atoms with E-state index < -0.39 is 12.7 Å². The molecule has 0 saturated carbocycles. The Bertz CT molecular complexity index is 1440. The third-order valence-corrected chi connectivity index (χ3v) is 6.09. The van der Waals surface area contributed by atoms with Crippen molar-refractivity contribution >= 4 is 34.0 Å². The van der Waals surface area contributed by atoms with E-state index in [0.29, 0.717) is 34.8 Å². The lowest BCUT2D eigenvalue weighted by atomic mass is 10.2. The van der Waals surface area contributed by atoms with E-state index >= 15 is 0 Å². The molecular weight excluding hydrogens is 525 g/mol. The average molecular weight is 559 g/mol. The summed E-state index contributed by atoms with van der Waals surface area (Å²) in [5.74, 6) is 0.724. The number of hydrogen-bond donors (Lipinski definition) is 2. The summed E-state index contributed by atoms with van der Waals surface area (Å²) in [6.45, 7) is 1.03. The lowest BCUT2D eigenvalue weighted by Gasteiger charge is -2.25. The topological polar surface area (TPSA) is 107 Å². The molecular formula is C27H33F3N8O2. The summed E-state index contributed by atoms with van der Waals surface area (Å²) in [5.41, 5.74) is 9.23. The Morgan fingerprint density at radius 1 is 1.02 bits per heavy atom. The minimum atomic E-state index is -4.44. The van der Waals surface area contributed by atoms with Gasteiger partial charge in [0, 0.05) is 39.5 Å². The molecule has 3 N–H and O–H groups in total. The highest BCUT2D eigenvalue weighted by molar-refractivity contribution is 5.81. The summed E-state index contributed by atoms with van der Waals surface area (Å²) in [6, 6.07) is 11.7. The molecule has 4 aromatic rings. The minimum absolute atomic E-state index is 0.0814. The molecule has 0 amide bonds. The highest BCUT2D eigenvalue weighted by Crippen LogP contribution is 2.37. The van der Waals surface area contributed by atoms with Crippen LogP contribution in [-0.4, -0.2) is 85.2 Å². The first-order valence-electron chi connectivity index (χ1n) is 12.6. The van der Waals surface area contributed by atoms with Crippen LogP contribution in [-0.2, 0) is 11.3 Å². The number of anilines is 4. The first-order valence-corrected chi connectivity index (χ1v) is 12.6. The number of likely N-dealkylation sites (N-methyl/N-ethyl adjacent to an activating group) is 2. The number of para-hydroxylation sites is 2. The molecule has 0 aliphatic rings. The summed E-state index contributed by atoms with van der Waals surface area (Å²) in [6.07, 6.45) is -2.99. The van der Waals surface area contributed by atoms with Crippen LogP contribution in [0.4, 0.5) is 36.2 Å². The summed E-state index contributed by atoms with van der Waals surface area (Å²) >= 11 is 0. The zero-order valence-corrected chi connectivity index (χ0v) is 22.9. The number of benzene rings is 2. The molecule has 214 valence electrons. The number of imidazole rings is 1. The maximum Gasteiger partial charge on any atom is 0.406 e. The monoisotopic (exact) mass is 558 g/mol. The highest BCUT2D eigenvalue weighted by atomic mass is 19.4. The van der Waals surface area contributed by atoms with Crippen LogP contribution in [0, 0.1) is 0 Å². The predicted octanol–water partition coefficient (Wildman–Crippen LogP) is 4.40. The van der Waals surface area contributed by atoms with E-state index in [2.05, 4.69) is 25.2 Å². The first kappa shape index (κ1) is 28.9. The van der Waals surface area contributed by atoms with Gasteiger partial charge in [-0.1, -0.05) is 12.1 Å². The van der Waals surface area contributed by atoms with Crippen molar-refractivity contribution in [2.45, 2.75) is 12.7 Å². The molecule has 4 rings (SSSR count). The lowest BCUT2D eigenvalue weighted by molar-refractivity contribution is -0.139. The van der Waals surface area contributed by atoms with Gasteiger partial charge in [0.25, 0.3) is 0 Å². The number of ether oxygens (including phenoxy) is 2. The fraction of sp³-hybridized carbons (Fsp3) is 0.370. The summed E-state index contributed by atoms with van der Waals surface area (Å²) < 4.78 is 52.6. The summed E-state index contributed by atoms with van der Waals surface area (Å²) in [7, 11) is 7.52. The molecule has 2 aromatic heterocycles. The second-order valence-electron chi connectivity index (χ2n) is 9.49. The second-order valence-corrected chi connectivity index (χ2v) is 9.49. The van der Waals surface area contributed by atoms with Gasteiger partial charge in [-0.3, -0.25) is 0 Å². The van der Waals surface area contributed by atoms with Crippen LogP contribution in [0.1, 0.15) is 0 Å². The number of nitrogens with zero attached hydrogens (tertiary/aromatic N) is 6. The van der Waals surface area contributed by atoms with E-state index in [9.17, 15) is 13.2 Å². The van der Waals surface area contributed by atoms with Crippen LogP contribution in [0.2, 0.25) is 0 Å². The number of rotatable bonds is 12. The van der Waals surface area contributed by atoms with Crippen LogP contribution in [0.15, 0.2) is 48.7 Å². The quantitative estimate of drug-likeness (QED) is 0.193. The maximum atomic E-state index is 13.5. The largest absolute Gasteiger partial charge is 0.489 e. The van der Waals surface area contributed by atoms with E-state index in [-0.39, 0.29) is 24.1 Å².